The van der Waals surface area contributed by atoms with Crippen LogP contribution in [0, 0.1) is 10.1 Å². The van der Waals surface area contributed by atoms with Gasteiger partial charge in [-0.2, -0.15) is 0 Å². The highest BCUT2D eigenvalue weighted by Crippen LogP contribution is 2.30. The van der Waals surface area contributed by atoms with E-state index in [0.717, 1.165) is 5.56 Å². The van der Waals surface area contributed by atoms with Gasteiger partial charge < -0.3 is 5.11 Å². The molecule has 1 atom stereocenters. The fourth-order valence-electron chi connectivity index (χ4n) is 2.16. The molecule has 0 bridgehead atoms. The van der Waals surface area contributed by atoms with Crippen LogP contribution in [0.1, 0.15) is 18.1 Å². The molecule has 2 rings (SSSR count). The Morgan fingerprint density at radius 3 is 2.29 bits per heavy atom. The van der Waals surface area contributed by atoms with Gasteiger partial charge in [-0.3, -0.25) is 19.9 Å². The standard InChI is InChI=1S/C15H14N2O4/c1-15(14(18)19,10-11-6-8-16-9-7-11)12-2-4-13(5-3-12)17(20)21/h2-9H,10H2,1H3,(H,18,19). The fourth-order valence-corrected chi connectivity index (χ4v) is 2.16. The molecule has 1 N–H and O–H groups in total. The average molecular weight is 286 g/mol. The van der Waals surface area contributed by atoms with Gasteiger partial charge in [-0.15, -0.1) is 0 Å². The Labute approximate surface area is 121 Å². The largest absolute Gasteiger partial charge is 0.481 e. The van der Waals surface area contributed by atoms with Crippen molar-refractivity contribution in [2.75, 3.05) is 0 Å². The van der Waals surface area contributed by atoms with Gasteiger partial charge in [-0.05, 0) is 36.6 Å². The molecule has 0 spiro atoms. The highest BCUT2D eigenvalue weighted by atomic mass is 16.6. The topological polar surface area (TPSA) is 93.3 Å². The van der Waals surface area contributed by atoms with Crippen molar-refractivity contribution in [1.29, 1.82) is 0 Å². The smallest absolute Gasteiger partial charge is 0.314 e. The molecule has 6 heteroatoms. The van der Waals surface area contributed by atoms with Crippen molar-refractivity contribution >= 4 is 11.7 Å². The van der Waals surface area contributed by atoms with Gasteiger partial charge in [0, 0.05) is 24.5 Å². The maximum Gasteiger partial charge on any atom is 0.314 e. The Morgan fingerprint density at radius 2 is 1.81 bits per heavy atom. The molecule has 1 aromatic heterocycles. The van der Waals surface area contributed by atoms with Gasteiger partial charge in [-0.25, -0.2) is 0 Å². The zero-order chi connectivity index (χ0) is 15.5. The molecule has 0 radical (unpaired) electrons. The van der Waals surface area contributed by atoms with Crippen molar-refractivity contribution in [3.05, 3.63) is 70.0 Å². The van der Waals surface area contributed by atoms with Crippen LogP contribution in [0.15, 0.2) is 48.8 Å². The van der Waals surface area contributed by atoms with Crippen LogP contribution in [0.5, 0.6) is 0 Å². The van der Waals surface area contributed by atoms with E-state index < -0.39 is 16.3 Å². The van der Waals surface area contributed by atoms with E-state index in [1.807, 2.05) is 0 Å². The molecule has 1 unspecified atom stereocenters. The molecule has 0 aliphatic rings. The van der Waals surface area contributed by atoms with E-state index in [1.165, 1.54) is 24.3 Å². The summed E-state index contributed by atoms with van der Waals surface area (Å²) in [5.41, 5.74) is 0.150. The van der Waals surface area contributed by atoms with Gasteiger partial charge in [0.15, 0.2) is 0 Å². The van der Waals surface area contributed by atoms with Crippen molar-refractivity contribution in [3.8, 4) is 0 Å². The summed E-state index contributed by atoms with van der Waals surface area (Å²) in [6, 6.07) is 9.15. The molecular weight excluding hydrogens is 272 g/mol. The second-order valence-electron chi connectivity index (χ2n) is 4.97. The van der Waals surface area contributed by atoms with E-state index in [9.17, 15) is 20.0 Å². The number of carboxylic acid groups (broad SMARTS) is 1. The first-order valence-electron chi connectivity index (χ1n) is 6.31. The number of nitro groups is 1. The quantitative estimate of drug-likeness (QED) is 0.673. The predicted molar refractivity (Wildman–Crippen MR) is 76.0 cm³/mol. The number of nitrogens with zero attached hydrogens (tertiary/aromatic N) is 2. The number of hydrogen-bond acceptors (Lipinski definition) is 4. The van der Waals surface area contributed by atoms with Crippen molar-refractivity contribution in [2.24, 2.45) is 0 Å². The van der Waals surface area contributed by atoms with Gasteiger partial charge in [0.1, 0.15) is 0 Å². The number of non-ortho nitro benzene ring substituents is 1. The third-order valence-corrected chi connectivity index (χ3v) is 3.49. The summed E-state index contributed by atoms with van der Waals surface area (Å²) in [4.78, 5) is 25.8. The van der Waals surface area contributed by atoms with Crippen molar-refractivity contribution < 1.29 is 14.8 Å². The number of aromatic nitrogens is 1. The van der Waals surface area contributed by atoms with Gasteiger partial charge in [0.25, 0.3) is 5.69 Å². The first-order valence-corrected chi connectivity index (χ1v) is 6.31. The summed E-state index contributed by atoms with van der Waals surface area (Å²) in [6.07, 6.45) is 3.49. The zero-order valence-corrected chi connectivity index (χ0v) is 11.4. The van der Waals surface area contributed by atoms with Crippen LogP contribution in [0.25, 0.3) is 0 Å². The fraction of sp³-hybridized carbons (Fsp3) is 0.200. The second kappa shape index (κ2) is 5.70. The monoisotopic (exact) mass is 286 g/mol. The molecule has 0 aliphatic heterocycles. The van der Waals surface area contributed by atoms with Gasteiger partial charge in [-0.1, -0.05) is 12.1 Å². The third-order valence-electron chi connectivity index (χ3n) is 3.49. The van der Waals surface area contributed by atoms with Crippen LogP contribution >= 0.6 is 0 Å². The van der Waals surface area contributed by atoms with E-state index in [-0.39, 0.29) is 12.1 Å². The van der Waals surface area contributed by atoms with E-state index >= 15 is 0 Å². The number of hydrogen-bond donors (Lipinski definition) is 1. The number of carbonyl (C=O) groups is 1. The van der Waals surface area contributed by atoms with E-state index in [2.05, 4.69) is 4.98 Å². The summed E-state index contributed by atoms with van der Waals surface area (Å²) in [6.45, 7) is 1.61. The summed E-state index contributed by atoms with van der Waals surface area (Å²) in [5, 5.41) is 20.2. The minimum absolute atomic E-state index is 0.0598. The Balaban J connectivity index is 2.37. The number of carboxylic acids is 1. The van der Waals surface area contributed by atoms with Crippen LogP contribution in [0.2, 0.25) is 0 Å². The molecule has 108 valence electrons. The van der Waals surface area contributed by atoms with Crippen LogP contribution in [0.3, 0.4) is 0 Å². The lowest BCUT2D eigenvalue weighted by molar-refractivity contribution is -0.384. The second-order valence-corrected chi connectivity index (χ2v) is 4.97. The minimum Gasteiger partial charge on any atom is -0.481 e. The van der Waals surface area contributed by atoms with Gasteiger partial charge in [0.05, 0.1) is 10.3 Å². The summed E-state index contributed by atoms with van der Waals surface area (Å²) in [5.74, 6) is -0.979. The number of benzene rings is 1. The predicted octanol–water partition coefficient (Wildman–Crippen LogP) is 2.57. The zero-order valence-electron chi connectivity index (χ0n) is 11.4. The van der Waals surface area contributed by atoms with Gasteiger partial charge in [0.2, 0.25) is 0 Å². The minimum atomic E-state index is -1.16. The SMILES string of the molecule is CC(Cc1ccncc1)(C(=O)O)c1ccc([N+](=O)[O-])cc1. The first kappa shape index (κ1) is 14.6. The lowest BCUT2D eigenvalue weighted by Gasteiger charge is -2.25. The molecule has 21 heavy (non-hydrogen) atoms. The Bertz CT molecular complexity index is 655. The number of pyridine rings is 1. The number of nitro benzene ring substituents is 1. The highest BCUT2D eigenvalue weighted by molar-refractivity contribution is 5.81. The summed E-state index contributed by atoms with van der Waals surface area (Å²) < 4.78 is 0. The van der Waals surface area contributed by atoms with E-state index in [1.54, 1.807) is 31.5 Å². The molecule has 6 nitrogen and oxygen atoms in total. The molecule has 0 saturated carbocycles. The van der Waals surface area contributed by atoms with Gasteiger partial charge >= 0.3 is 5.97 Å². The average Bonchev–Trinajstić information content (AvgIpc) is 2.48. The van der Waals surface area contributed by atoms with E-state index in [4.69, 9.17) is 0 Å². The van der Waals surface area contributed by atoms with Crippen molar-refractivity contribution in [1.82, 2.24) is 4.98 Å². The highest BCUT2D eigenvalue weighted by Gasteiger charge is 2.35. The molecule has 2 aromatic rings. The molecule has 1 aromatic carbocycles. The van der Waals surface area contributed by atoms with E-state index in [0.29, 0.717) is 5.56 Å². The van der Waals surface area contributed by atoms with Crippen LogP contribution < -0.4 is 0 Å². The molecule has 0 amide bonds. The van der Waals surface area contributed by atoms with Crippen LogP contribution in [-0.4, -0.2) is 21.0 Å². The van der Waals surface area contributed by atoms with Crippen molar-refractivity contribution in [2.45, 2.75) is 18.8 Å². The molecule has 1 heterocycles. The lowest BCUT2D eigenvalue weighted by atomic mass is 9.77. The maximum absolute atomic E-state index is 11.7. The first-order chi connectivity index (χ1) is 9.93. The normalized spacial score (nSPS) is 13.4. The maximum atomic E-state index is 11.7. The van der Waals surface area contributed by atoms with Crippen LogP contribution in [-0.2, 0) is 16.6 Å². The Morgan fingerprint density at radius 1 is 1.24 bits per heavy atom. The van der Waals surface area contributed by atoms with Crippen LogP contribution in [0.4, 0.5) is 5.69 Å². The lowest BCUT2D eigenvalue weighted by Crippen LogP contribution is -2.34. The number of aliphatic carboxylic acids is 1. The molecule has 0 aliphatic carbocycles. The summed E-state index contributed by atoms with van der Waals surface area (Å²) in [7, 11) is 0. The third kappa shape index (κ3) is 3.05. The molecular formula is C15H14N2O4. The number of rotatable bonds is 5. The van der Waals surface area contributed by atoms with Crippen molar-refractivity contribution in [3.63, 3.8) is 0 Å². The summed E-state index contributed by atoms with van der Waals surface area (Å²) >= 11 is 0. The Kier molecular flexibility index (Phi) is 3.98. The molecule has 0 saturated heterocycles. The Hall–Kier alpha value is -2.76. The molecule has 0 fully saturated rings.